The van der Waals surface area contributed by atoms with Crippen molar-refractivity contribution < 1.29 is 14.3 Å². The van der Waals surface area contributed by atoms with Gasteiger partial charge in [-0.2, -0.15) is 0 Å². The molecule has 0 spiro atoms. The molecular weight excluding hydrogens is 442 g/mol. The van der Waals surface area contributed by atoms with Gasteiger partial charge in [-0.1, -0.05) is 26.0 Å². The van der Waals surface area contributed by atoms with Crippen molar-refractivity contribution in [3.05, 3.63) is 30.1 Å². The molecule has 3 heterocycles. The second-order valence-electron chi connectivity index (χ2n) is 10.4. The number of fused-ring (bicyclic) bond motifs is 1. The van der Waals surface area contributed by atoms with Gasteiger partial charge >= 0.3 is 0 Å². The van der Waals surface area contributed by atoms with Crippen molar-refractivity contribution in [2.75, 3.05) is 46.4 Å². The van der Waals surface area contributed by atoms with E-state index in [4.69, 9.17) is 9.72 Å². The van der Waals surface area contributed by atoms with Crippen molar-refractivity contribution in [3.8, 4) is 0 Å². The van der Waals surface area contributed by atoms with Crippen LogP contribution in [0.25, 0.3) is 11.0 Å². The smallest absolute Gasteiger partial charge is 0.290 e. The van der Waals surface area contributed by atoms with Crippen molar-refractivity contribution in [2.45, 2.75) is 58.5 Å². The van der Waals surface area contributed by atoms with E-state index in [-0.39, 0.29) is 23.8 Å². The Bertz CT molecular complexity index is 998. The number of nitrogens with one attached hydrogen (secondary N) is 1. The minimum Gasteiger partial charge on any atom is -0.385 e. The van der Waals surface area contributed by atoms with E-state index in [9.17, 15) is 9.59 Å². The summed E-state index contributed by atoms with van der Waals surface area (Å²) in [5, 5.41) is 3.46. The van der Waals surface area contributed by atoms with Crippen LogP contribution >= 0.6 is 0 Å². The third-order valence-corrected chi connectivity index (χ3v) is 7.18. The van der Waals surface area contributed by atoms with E-state index in [1.54, 1.807) is 7.11 Å². The number of aromatic nitrogens is 2. The number of hydrogen-bond acceptors (Lipinski definition) is 5. The normalized spacial score (nSPS) is 20.6. The van der Waals surface area contributed by atoms with Gasteiger partial charge in [0.25, 0.3) is 5.91 Å². The van der Waals surface area contributed by atoms with E-state index in [0.29, 0.717) is 44.4 Å². The van der Waals surface area contributed by atoms with Crippen LogP contribution in [0.2, 0.25) is 0 Å². The third kappa shape index (κ3) is 6.04. The molecule has 8 nitrogen and oxygen atoms in total. The molecule has 2 unspecified atom stereocenters. The lowest BCUT2D eigenvalue weighted by molar-refractivity contribution is -0.135. The fourth-order valence-electron chi connectivity index (χ4n) is 5.44. The van der Waals surface area contributed by atoms with Crippen LogP contribution in [0.5, 0.6) is 0 Å². The highest BCUT2D eigenvalue weighted by Crippen LogP contribution is 2.25. The number of piperidine rings is 1. The minimum absolute atomic E-state index is 0.0306. The number of methoxy groups -OCH3 is 1. The van der Waals surface area contributed by atoms with Gasteiger partial charge in [-0.05, 0) is 50.2 Å². The zero-order valence-electron chi connectivity index (χ0n) is 21.5. The molecule has 0 aliphatic carbocycles. The molecule has 2 atom stereocenters. The molecule has 2 fully saturated rings. The highest BCUT2D eigenvalue weighted by molar-refractivity contribution is 5.95. The molecule has 35 heavy (non-hydrogen) atoms. The summed E-state index contributed by atoms with van der Waals surface area (Å²) >= 11 is 0. The zero-order valence-corrected chi connectivity index (χ0v) is 21.5. The number of para-hydroxylation sites is 2. The number of carbonyl (C=O) groups excluding carboxylic acids is 2. The van der Waals surface area contributed by atoms with Crippen molar-refractivity contribution in [1.82, 2.24) is 24.7 Å². The van der Waals surface area contributed by atoms with Crippen LogP contribution in [-0.2, 0) is 16.1 Å². The second-order valence-corrected chi connectivity index (χ2v) is 10.4. The molecular formula is C27H41N5O3. The molecule has 2 aliphatic heterocycles. The molecule has 8 heteroatoms. The third-order valence-electron chi connectivity index (χ3n) is 7.18. The molecule has 2 aliphatic rings. The van der Waals surface area contributed by atoms with E-state index in [0.717, 1.165) is 56.4 Å². The summed E-state index contributed by atoms with van der Waals surface area (Å²) in [5.74, 6) is 0.928. The van der Waals surface area contributed by atoms with E-state index in [1.165, 1.54) is 0 Å². The van der Waals surface area contributed by atoms with Gasteiger partial charge < -0.3 is 24.4 Å². The Balaban J connectivity index is 1.58. The maximum absolute atomic E-state index is 14.1. The van der Waals surface area contributed by atoms with E-state index >= 15 is 0 Å². The Kier molecular flexibility index (Phi) is 8.78. The monoisotopic (exact) mass is 483 g/mol. The number of likely N-dealkylation sites (tertiary alicyclic amines) is 1. The van der Waals surface area contributed by atoms with Crippen molar-refractivity contribution in [2.24, 2.45) is 11.8 Å². The summed E-state index contributed by atoms with van der Waals surface area (Å²) in [5.41, 5.74) is 1.83. The Labute approximate surface area is 209 Å². The Morgan fingerprint density at radius 2 is 1.94 bits per heavy atom. The maximum Gasteiger partial charge on any atom is 0.290 e. The molecule has 2 saturated heterocycles. The number of rotatable bonds is 10. The van der Waals surface area contributed by atoms with Gasteiger partial charge in [-0.25, -0.2) is 4.98 Å². The first-order valence-electron chi connectivity index (χ1n) is 13.2. The Morgan fingerprint density at radius 1 is 1.17 bits per heavy atom. The summed E-state index contributed by atoms with van der Waals surface area (Å²) in [4.78, 5) is 36.0. The predicted octanol–water partition coefficient (Wildman–Crippen LogP) is 3.16. The standard InChI is InChI=1S/C27H41N5O3/c1-20(2)19-32(22-16-21(17-28-18-22)26(33)30-12-6-7-13-30)27(34)25-29-23-10-4-5-11-24(23)31(25)14-8-9-15-35-3/h4-5,10-11,20-22,28H,6-9,12-19H2,1-3H3. The highest BCUT2D eigenvalue weighted by atomic mass is 16.5. The SMILES string of the molecule is COCCCCn1c(C(=O)N(CC(C)C)C2CNCC(C(=O)N3CCCC3)C2)nc2ccccc21. The van der Waals surface area contributed by atoms with Crippen LogP contribution in [-0.4, -0.2) is 83.6 Å². The number of aryl methyl sites for hydroxylation is 1. The van der Waals surface area contributed by atoms with Crippen molar-refractivity contribution >= 4 is 22.8 Å². The number of unbranched alkanes of at least 4 members (excludes halogenated alkanes) is 1. The summed E-state index contributed by atoms with van der Waals surface area (Å²) in [6, 6.07) is 7.93. The van der Waals surface area contributed by atoms with Gasteiger partial charge in [0.05, 0.1) is 17.0 Å². The number of nitrogens with zero attached hydrogens (tertiary/aromatic N) is 4. The fourth-order valence-corrected chi connectivity index (χ4v) is 5.44. The number of imidazole rings is 1. The number of amides is 2. The van der Waals surface area contributed by atoms with Gasteiger partial charge in [-0.15, -0.1) is 0 Å². The van der Waals surface area contributed by atoms with Gasteiger partial charge in [0.2, 0.25) is 5.91 Å². The molecule has 192 valence electrons. The first-order valence-corrected chi connectivity index (χ1v) is 13.2. The van der Waals surface area contributed by atoms with E-state index in [1.807, 2.05) is 34.1 Å². The van der Waals surface area contributed by atoms with Crippen molar-refractivity contribution in [1.29, 1.82) is 0 Å². The predicted molar refractivity (Wildman–Crippen MR) is 137 cm³/mol. The molecule has 1 N–H and O–H groups in total. The van der Waals surface area contributed by atoms with E-state index < -0.39 is 0 Å². The molecule has 0 radical (unpaired) electrons. The summed E-state index contributed by atoms with van der Waals surface area (Å²) in [6.07, 6.45) is 4.73. The molecule has 1 aromatic heterocycles. The number of carbonyl (C=O) groups is 2. The average molecular weight is 484 g/mol. The Morgan fingerprint density at radius 3 is 2.69 bits per heavy atom. The lowest BCUT2D eigenvalue weighted by atomic mass is 9.92. The van der Waals surface area contributed by atoms with Crippen LogP contribution in [0.4, 0.5) is 0 Å². The molecule has 1 aromatic carbocycles. The Hall–Kier alpha value is -2.45. The van der Waals surface area contributed by atoms with Crippen LogP contribution in [0.1, 0.15) is 56.6 Å². The summed E-state index contributed by atoms with van der Waals surface area (Å²) in [6.45, 7) is 9.46. The van der Waals surface area contributed by atoms with Gasteiger partial charge in [0.1, 0.15) is 0 Å². The summed E-state index contributed by atoms with van der Waals surface area (Å²) in [7, 11) is 1.71. The van der Waals surface area contributed by atoms with Crippen LogP contribution in [0.3, 0.4) is 0 Å². The van der Waals surface area contributed by atoms with Gasteiger partial charge in [0.15, 0.2) is 5.82 Å². The van der Waals surface area contributed by atoms with Crippen molar-refractivity contribution in [3.63, 3.8) is 0 Å². The maximum atomic E-state index is 14.1. The first kappa shape index (κ1) is 25.6. The quantitative estimate of drug-likeness (QED) is 0.525. The lowest BCUT2D eigenvalue weighted by Crippen LogP contribution is -2.55. The molecule has 0 saturated carbocycles. The zero-order chi connectivity index (χ0) is 24.8. The first-order chi connectivity index (χ1) is 17.0. The molecule has 2 amide bonds. The molecule has 0 bridgehead atoms. The van der Waals surface area contributed by atoms with Crippen LogP contribution in [0, 0.1) is 11.8 Å². The van der Waals surface area contributed by atoms with Gasteiger partial charge in [0, 0.05) is 59.0 Å². The topological polar surface area (TPSA) is 79.7 Å². The largest absolute Gasteiger partial charge is 0.385 e. The van der Waals surface area contributed by atoms with E-state index in [2.05, 4.69) is 23.7 Å². The van der Waals surface area contributed by atoms with Crippen LogP contribution < -0.4 is 5.32 Å². The van der Waals surface area contributed by atoms with Gasteiger partial charge in [-0.3, -0.25) is 9.59 Å². The number of hydrogen-bond donors (Lipinski definition) is 1. The lowest BCUT2D eigenvalue weighted by Gasteiger charge is -2.39. The number of benzene rings is 1. The average Bonchev–Trinajstić information content (AvgIpc) is 3.53. The fraction of sp³-hybridized carbons (Fsp3) is 0.667. The highest BCUT2D eigenvalue weighted by Gasteiger charge is 2.36. The minimum atomic E-state index is -0.0813. The summed E-state index contributed by atoms with van der Waals surface area (Å²) < 4.78 is 7.29. The second kappa shape index (κ2) is 12.0. The molecule has 4 rings (SSSR count). The molecule has 2 aromatic rings. The van der Waals surface area contributed by atoms with Crippen LogP contribution in [0.15, 0.2) is 24.3 Å². The number of ether oxygens (including phenoxy) is 1.